The predicted molar refractivity (Wildman–Crippen MR) is 72.2 cm³/mol. The lowest BCUT2D eigenvalue weighted by atomic mass is 10.2. The predicted octanol–water partition coefficient (Wildman–Crippen LogP) is 1.91. The molecule has 0 bridgehead atoms. The second-order valence-corrected chi connectivity index (χ2v) is 5.09. The highest BCUT2D eigenvalue weighted by atomic mass is 32.2. The van der Waals surface area contributed by atoms with Crippen LogP contribution >= 0.6 is 23.9 Å². The Hall–Kier alpha value is 0.0900. The first-order chi connectivity index (χ1) is 7.67. The topological polar surface area (TPSA) is 55.6 Å². The molecule has 6 heteroatoms. The molecule has 0 aliphatic rings. The Balaban J connectivity index is 3.70. The summed E-state index contributed by atoms with van der Waals surface area (Å²) in [5, 5.41) is 0. The van der Waals surface area contributed by atoms with Gasteiger partial charge in [-0.25, -0.2) is 0 Å². The number of hydrogen-bond donors (Lipinski definition) is 1. The fraction of sp³-hybridized carbons (Fsp3) is 0.900. The molecule has 0 spiro atoms. The average molecular weight is 266 g/mol. The summed E-state index contributed by atoms with van der Waals surface area (Å²) in [5.41, 5.74) is 5.37. The van der Waals surface area contributed by atoms with Crippen molar-refractivity contribution in [1.82, 2.24) is 3.71 Å². The van der Waals surface area contributed by atoms with E-state index in [-0.39, 0.29) is 12.0 Å². The third kappa shape index (κ3) is 6.62. The molecule has 0 radical (unpaired) electrons. The van der Waals surface area contributed by atoms with E-state index in [1.165, 1.54) is 23.9 Å². The van der Waals surface area contributed by atoms with E-state index in [0.717, 1.165) is 19.3 Å². The van der Waals surface area contributed by atoms with Crippen LogP contribution in [-0.2, 0) is 9.53 Å². The standard InChI is InChI=1S/C10H22N2O2S2/c1-9(12(15-2)16-3)10(13)14-8-6-4-5-7-11/h9H,4-8,11H2,1-3H3/t9-/m0/s1. The number of ether oxygens (including phenoxy) is 1. The molecule has 96 valence electrons. The summed E-state index contributed by atoms with van der Waals surface area (Å²) < 4.78 is 7.11. The number of esters is 1. The van der Waals surface area contributed by atoms with Crippen molar-refractivity contribution in [2.45, 2.75) is 32.2 Å². The van der Waals surface area contributed by atoms with Crippen LogP contribution in [0.4, 0.5) is 0 Å². The van der Waals surface area contributed by atoms with Gasteiger partial charge in [-0.1, -0.05) is 23.9 Å². The Morgan fingerprint density at radius 1 is 1.31 bits per heavy atom. The largest absolute Gasteiger partial charge is 0.464 e. The molecule has 0 aromatic carbocycles. The molecule has 0 saturated carbocycles. The fourth-order valence-electron chi connectivity index (χ4n) is 1.19. The second-order valence-electron chi connectivity index (χ2n) is 3.34. The second kappa shape index (κ2) is 10.3. The van der Waals surface area contributed by atoms with Gasteiger partial charge in [0.15, 0.2) is 0 Å². The maximum atomic E-state index is 11.6. The minimum absolute atomic E-state index is 0.156. The number of unbranched alkanes of at least 4 members (excludes halogenated alkanes) is 2. The Morgan fingerprint density at radius 3 is 2.44 bits per heavy atom. The van der Waals surface area contributed by atoms with E-state index in [1.54, 1.807) is 0 Å². The summed E-state index contributed by atoms with van der Waals surface area (Å²) in [6.07, 6.45) is 6.80. The summed E-state index contributed by atoms with van der Waals surface area (Å²) in [5.74, 6) is -0.156. The third-order valence-corrected chi connectivity index (χ3v) is 4.36. The van der Waals surface area contributed by atoms with Crippen molar-refractivity contribution in [2.24, 2.45) is 5.73 Å². The smallest absolute Gasteiger partial charge is 0.325 e. The Bertz CT molecular complexity index is 190. The summed E-state index contributed by atoms with van der Waals surface area (Å²) in [6, 6.07) is -0.209. The van der Waals surface area contributed by atoms with Crippen LogP contribution < -0.4 is 5.73 Å². The van der Waals surface area contributed by atoms with Crippen LogP contribution in [0.5, 0.6) is 0 Å². The first-order valence-corrected chi connectivity index (χ1v) is 7.77. The lowest BCUT2D eigenvalue weighted by molar-refractivity contribution is -0.146. The number of hydrogen-bond acceptors (Lipinski definition) is 6. The molecular weight excluding hydrogens is 244 g/mol. The van der Waals surface area contributed by atoms with E-state index in [2.05, 4.69) is 0 Å². The van der Waals surface area contributed by atoms with E-state index in [4.69, 9.17) is 10.5 Å². The molecule has 0 unspecified atom stereocenters. The van der Waals surface area contributed by atoms with Crippen LogP contribution in [0.15, 0.2) is 0 Å². The summed E-state index contributed by atoms with van der Waals surface area (Å²) in [4.78, 5) is 11.6. The van der Waals surface area contributed by atoms with Gasteiger partial charge in [0, 0.05) is 0 Å². The SMILES string of the molecule is CSN(SC)[C@@H](C)C(=O)OCCCCCN. The molecule has 0 aliphatic carbocycles. The highest BCUT2D eigenvalue weighted by Crippen LogP contribution is 2.21. The zero-order chi connectivity index (χ0) is 12.4. The molecule has 0 amide bonds. The van der Waals surface area contributed by atoms with E-state index in [0.29, 0.717) is 13.2 Å². The monoisotopic (exact) mass is 266 g/mol. The minimum atomic E-state index is -0.209. The molecular formula is C10H22N2O2S2. The number of rotatable bonds is 9. The van der Waals surface area contributed by atoms with Gasteiger partial charge in [-0.2, -0.15) is 3.71 Å². The van der Waals surface area contributed by atoms with Gasteiger partial charge in [0.05, 0.1) is 6.61 Å². The zero-order valence-corrected chi connectivity index (χ0v) is 11.9. The molecule has 0 aromatic heterocycles. The van der Waals surface area contributed by atoms with Gasteiger partial charge in [-0.15, -0.1) is 0 Å². The van der Waals surface area contributed by atoms with Crippen molar-refractivity contribution in [3.8, 4) is 0 Å². The van der Waals surface area contributed by atoms with Gasteiger partial charge in [-0.05, 0) is 45.2 Å². The Kier molecular flexibility index (Phi) is 10.3. The average Bonchev–Trinajstić information content (AvgIpc) is 2.30. The lowest BCUT2D eigenvalue weighted by Gasteiger charge is -2.21. The van der Waals surface area contributed by atoms with Gasteiger partial charge in [0.1, 0.15) is 6.04 Å². The normalized spacial score (nSPS) is 12.8. The summed E-state index contributed by atoms with van der Waals surface area (Å²) in [6.45, 7) is 3.06. The summed E-state index contributed by atoms with van der Waals surface area (Å²) in [7, 11) is 0. The van der Waals surface area contributed by atoms with E-state index < -0.39 is 0 Å². The number of nitrogens with zero attached hydrogens (tertiary/aromatic N) is 1. The maximum Gasteiger partial charge on any atom is 0.325 e. The molecule has 0 fully saturated rings. The molecule has 0 saturated heterocycles. The van der Waals surface area contributed by atoms with Crippen molar-refractivity contribution < 1.29 is 9.53 Å². The molecule has 0 heterocycles. The van der Waals surface area contributed by atoms with Gasteiger partial charge >= 0.3 is 5.97 Å². The third-order valence-electron chi connectivity index (χ3n) is 2.11. The highest BCUT2D eigenvalue weighted by molar-refractivity contribution is 8.11. The van der Waals surface area contributed by atoms with Crippen molar-refractivity contribution in [1.29, 1.82) is 0 Å². The van der Waals surface area contributed by atoms with Crippen molar-refractivity contribution in [3.05, 3.63) is 0 Å². The molecule has 4 nitrogen and oxygen atoms in total. The highest BCUT2D eigenvalue weighted by Gasteiger charge is 2.21. The van der Waals surface area contributed by atoms with Crippen molar-refractivity contribution in [2.75, 3.05) is 25.7 Å². The van der Waals surface area contributed by atoms with Crippen molar-refractivity contribution >= 4 is 29.9 Å². The first kappa shape index (κ1) is 16.1. The van der Waals surface area contributed by atoms with Gasteiger partial charge in [0.2, 0.25) is 0 Å². The Morgan fingerprint density at radius 2 is 1.94 bits per heavy atom. The molecule has 0 aromatic rings. The van der Waals surface area contributed by atoms with E-state index >= 15 is 0 Å². The van der Waals surface area contributed by atoms with Crippen LogP contribution in [0, 0.1) is 0 Å². The number of carbonyl (C=O) groups excluding carboxylic acids is 1. The van der Waals surface area contributed by atoms with E-state index in [9.17, 15) is 4.79 Å². The molecule has 2 N–H and O–H groups in total. The van der Waals surface area contributed by atoms with Gasteiger partial charge < -0.3 is 10.5 Å². The molecule has 0 aliphatic heterocycles. The maximum absolute atomic E-state index is 11.6. The zero-order valence-electron chi connectivity index (χ0n) is 10.3. The quantitative estimate of drug-likeness (QED) is 0.391. The van der Waals surface area contributed by atoms with Crippen LogP contribution in [0.3, 0.4) is 0 Å². The fourth-order valence-corrected chi connectivity index (χ4v) is 2.59. The Labute approximate surface area is 107 Å². The lowest BCUT2D eigenvalue weighted by Crippen LogP contribution is -2.31. The first-order valence-electron chi connectivity index (χ1n) is 5.41. The van der Waals surface area contributed by atoms with E-state index in [1.807, 2.05) is 23.1 Å². The summed E-state index contributed by atoms with van der Waals surface area (Å²) >= 11 is 3.07. The van der Waals surface area contributed by atoms with Crippen LogP contribution in [0.2, 0.25) is 0 Å². The molecule has 16 heavy (non-hydrogen) atoms. The number of carbonyl (C=O) groups is 1. The van der Waals surface area contributed by atoms with Gasteiger partial charge in [0.25, 0.3) is 0 Å². The minimum Gasteiger partial charge on any atom is -0.464 e. The number of nitrogens with two attached hydrogens (primary N) is 1. The van der Waals surface area contributed by atoms with Crippen molar-refractivity contribution in [3.63, 3.8) is 0 Å². The van der Waals surface area contributed by atoms with Gasteiger partial charge in [-0.3, -0.25) is 4.79 Å². The molecule has 1 atom stereocenters. The van der Waals surface area contributed by atoms with Crippen LogP contribution in [0.1, 0.15) is 26.2 Å². The van der Waals surface area contributed by atoms with Crippen LogP contribution in [0.25, 0.3) is 0 Å². The van der Waals surface area contributed by atoms with Crippen LogP contribution in [-0.4, -0.2) is 41.4 Å². The molecule has 0 rings (SSSR count).